The van der Waals surface area contributed by atoms with E-state index in [1.165, 1.54) is 12.3 Å². The molecule has 0 atom stereocenters. The Labute approximate surface area is 189 Å². The van der Waals surface area contributed by atoms with E-state index in [2.05, 4.69) is 36.5 Å². The number of halogens is 2. The Kier molecular flexibility index (Phi) is 6.15. The summed E-state index contributed by atoms with van der Waals surface area (Å²) < 4.78 is 14.8. The van der Waals surface area contributed by atoms with Gasteiger partial charge in [-0.1, -0.05) is 18.2 Å². The molecule has 2 heterocycles. The van der Waals surface area contributed by atoms with Crippen molar-refractivity contribution in [2.75, 3.05) is 10.6 Å². The van der Waals surface area contributed by atoms with Crippen LogP contribution in [0.4, 0.5) is 15.9 Å². The van der Waals surface area contributed by atoms with Gasteiger partial charge < -0.3 is 10.6 Å². The van der Waals surface area contributed by atoms with Crippen molar-refractivity contribution in [1.29, 1.82) is 0 Å². The molecule has 0 aliphatic carbocycles. The van der Waals surface area contributed by atoms with Crippen molar-refractivity contribution in [2.24, 2.45) is 0 Å². The lowest BCUT2D eigenvalue weighted by atomic mass is 10.2. The molecule has 4 rings (SSSR count). The van der Waals surface area contributed by atoms with Gasteiger partial charge in [-0.05, 0) is 58.4 Å². The fourth-order valence-electron chi connectivity index (χ4n) is 2.71. The van der Waals surface area contributed by atoms with Gasteiger partial charge in [0.1, 0.15) is 21.5 Å². The van der Waals surface area contributed by atoms with Gasteiger partial charge in [0.2, 0.25) is 0 Å². The number of aromatic nitrogens is 2. The van der Waals surface area contributed by atoms with E-state index in [-0.39, 0.29) is 5.91 Å². The molecule has 0 saturated heterocycles. The second-order valence-electron chi connectivity index (χ2n) is 6.36. The number of carbonyl (C=O) groups excluding carboxylic acids is 2. The third-order valence-corrected chi connectivity index (χ3v) is 5.68. The van der Waals surface area contributed by atoms with Crippen LogP contribution in [0.25, 0.3) is 10.6 Å². The molecule has 6 nitrogen and oxygen atoms in total. The molecular weight excluding hydrogens is 483 g/mol. The maximum atomic E-state index is 14.0. The van der Waals surface area contributed by atoms with Crippen molar-refractivity contribution < 1.29 is 14.0 Å². The minimum atomic E-state index is -0.400. The second-order valence-corrected chi connectivity index (χ2v) is 8.31. The van der Waals surface area contributed by atoms with Gasteiger partial charge in [0, 0.05) is 27.5 Å². The third kappa shape index (κ3) is 5.01. The van der Waals surface area contributed by atoms with Gasteiger partial charge in [-0.3, -0.25) is 9.59 Å². The molecule has 31 heavy (non-hydrogen) atoms. The summed E-state index contributed by atoms with van der Waals surface area (Å²) in [7, 11) is 0. The van der Waals surface area contributed by atoms with Crippen LogP contribution >= 0.6 is 27.3 Å². The number of anilines is 2. The highest BCUT2D eigenvalue weighted by molar-refractivity contribution is 9.10. The molecule has 2 aromatic carbocycles. The first-order valence-corrected chi connectivity index (χ1v) is 10.7. The van der Waals surface area contributed by atoms with E-state index in [0.717, 1.165) is 15.8 Å². The minimum Gasteiger partial charge on any atom is -0.321 e. The van der Waals surface area contributed by atoms with Crippen molar-refractivity contribution in [1.82, 2.24) is 9.97 Å². The first-order valence-electron chi connectivity index (χ1n) is 9.04. The Morgan fingerprint density at radius 2 is 1.74 bits per heavy atom. The average Bonchev–Trinajstić information content (AvgIpc) is 3.26. The van der Waals surface area contributed by atoms with Gasteiger partial charge in [0.25, 0.3) is 11.8 Å². The lowest BCUT2D eigenvalue weighted by Crippen LogP contribution is -2.14. The fourth-order valence-corrected chi connectivity index (χ4v) is 3.78. The number of hydrogen-bond donors (Lipinski definition) is 2. The molecule has 0 unspecified atom stereocenters. The molecule has 0 aliphatic rings. The molecule has 0 fully saturated rings. The summed E-state index contributed by atoms with van der Waals surface area (Å²) in [6, 6.07) is 16.2. The summed E-state index contributed by atoms with van der Waals surface area (Å²) in [4.78, 5) is 33.7. The van der Waals surface area contributed by atoms with Crippen molar-refractivity contribution in [3.8, 4) is 10.6 Å². The molecule has 0 bridgehead atoms. The molecule has 4 aromatic rings. The number of pyridine rings is 1. The van der Waals surface area contributed by atoms with Gasteiger partial charge >= 0.3 is 0 Å². The largest absolute Gasteiger partial charge is 0.321 e. The minimum absolute atomic E-state index is 0.326. The molecule has 0 radical (unpaired) electrons. The Bertz CT molecular complexity index is 1260. The number of nitrogens with one attached hydrogen (secondary N) is 2. The van der Waals surface area contributed by atoms with Crippen molar-refractivity contribution in [3.63, 3.8) is 0 Å². The zero-order valence-electron chi connectivity index (χ0n) is 15.8. The number of thiazole rings is 1. The van der Waals surface area contributed by atoms with Gasteiger partial charge in [0.05, 0.1) is 6.20 Å². The van der Waals surface area contributed by atoms with Crippen LogP contribution in [0.1, 0.15) is 20.0 Å². The van der Waals surface area contributed by atoms with E-state index in [0.29, 0.717) is 32.5 Å². The Balaban J connectivity index is 1.46. The van der Waals surface area contributed by atoms with E-state index in [1.807, 2.05) is 0 Å². The zero-order valence-corrected chi connectivity index (χ0v) is 18.2. The second kappa shape index (κ2) is 9.15. The van der Waals surface area contributed by atoms with E-state index in [4.69, 9.17) is 0 Å². The zero-order chi connectivity index (χ0) is 21.8. The van der Waals surface area contributed by atoms with Crippen molar-refractivity contribution in [3.05, 3.63) is 93.8 Å². The van der Waals surface area contributed by atoms with Crippen LogP contribution in [0.3, 0.4) is 0 Å². The van der Waals surface area contributed by atoms with Crippen LogP contribution in [-0.4, -0.2) is 21.8 Å². The van der Waals surface area contributed by atoms with Gasteiger partial charge in [-0.15, -0.1) is 11.3 Å². The Morgan fingerprint density at radius 3 is 2.52 bits per heavy atom. The highest BCUT2D eigenvalue weighted by Gasteiger charge is 2.15. The Morgan fingerprint density at radius 1 is 0.903 bits per heavy atom. The van der Waals surface area contributed by atoms with E-state index in [1.54, 1.807) is 60.8 Å². The van der Waals surface area contributed by atoms with Crippen LogP contribution in [0, 0.1) is 5.82 Å². The first-order chi connectivity index (χ1) is 15.0. The lowest BCUT2D eigenvalue weighted by molar-refractivity contribution is 0.101. The smallest absolute Gasteiger partial charge is 0.267 e. The molecule has 2 aromatic heterocycles. The predicted octanol–water partition coefficient (Wildman–Crippen LogP) is 5.61. The lowest BCUT2D eigenvalue weighted by Gasteiger charge is -2.07. The SMILES string of the molecule is O=C(Nc1ccc(Br)cn1)c1cccc(NC(=O)c2cnc(-c3ccccc3F)s2)c1. The maximum absolute atomic E-state index is 14.0. The topological polar surface area (TPSA) is 84.0 Å². The normalized spacial score (nSPS) is 10.5. The van der Waals surface area contributed by atoms with E-state index < -0.39 is 11.7 Å². The van der Waals surface area contributed by atoms with Crippen LogP contribution < -0.4 is 10.6 Å². The van der Waals surface area contributed by atoms with Crippen LogP contribution in [0.2, 0.25) is 0 Å². The van der Waals surface area contributed by atoms with E-state index >= 15 is 0 Å². The third-order valence-electron chi connectivity index (χ3n) is 4.19. The predicted molar refractivity (Wildman–Crippen MR) is 122 cm³/mol. The molecule has 0 aliphatic heterocycles. The number of benzene rings is 2. The number of hydrogen-bond acceptors (Lipinski definition) is 5. The molecule has 2 N–H and O–H groups in total. The monoisotopic (exact) mass is 496 g/mol. The van der Waals surface area contributed by atoms with Gasteiger partial charge in [-0.25, -0.2) is 14.4 Å². The first kappa shape index (κ1) is 20.8. The van der Waals surface area contributed by atoms with Gasteiger partial charge in [0.15, 0.2) is 0 Å². The molecule has 0 saturated carbocycles. The average molecular weight is 497 g/mol. The van der Waals surface area contributed by atoms with Crippen LogP contribution in [-0.2, 0) is 0 Å². The summed E-state index contributed by atoms with van der Waals surface area (Å²) >= 11 is 4.38. The summed E-state index contributed by atoms with van der Waals surface area (Å²) in [5.74, 6) is -0.742. The molecule has 154 valence electrons. The number of carbonyl (C=O) groups is 2. The highest BCUT2D eigenvalue weighted by Crippen LogP contribution is 2.28. The maximum Gasteiger partial charge on any atom is 0.267 e. The number of rotatable bonds is 5. The molecule has 2 amide bonds. The van der Waals surface area contributed by atoms with Crippen molar-refractivity contribution in [2.45, 2.75) is 0 Å². The molecule has 9 heteroatoms. The fraction of sp³-hybridized carbons (Fsp3) is 0. The number of amides is 2. The van der Waals surface area contributed by atoms with Gasteiger partial charge in [-0.2, -0.15) is 0 Å². The molecular formula is C22H14BrFN4O2S. The quantitative estimate of drug-likeness (QED) is 0.376. The summed E-state index contributed by atoms with van der Waals surface area (Å²) in [5.41, 5.74) is 1.15. The summed E-state index contributed by atoms with van der Waals surface area (Å²) in [5, 5.41) is 5.85. The Hall–Kier alpha value is -3.43. The van der Waals surface area contributed by atoms with Crippen LogP contribution in [0.5, 0.6) is 0 Å². The highest BCUT2D eigenvalue weighted by atomic mass is 79.9. The van der Waals surface area contributed by atoms with E-state index in [9.17, 15) is 14.0 Å². The molecule has 0 spiro atoms. The standard InChI is InChI=1S/C22H14BrFN4O2S/c23-14-8-9-19(25-11-14)28-20(29)13-4-3-5-15(10-13)27-21(30)18-12-26-22(31-18)16-6-1-2-7-17(16)24/h1-12H,(H,27,30)(H,25,28,29). The summed E-state index contributed by atoms with van der Waals surface area (Å²) in [6.45, 7) is 0. The van der Waals surface area contributed by atoms with Crippen molar-refractivity contribution >= 4 is 50.6 Å². The number of nitrogens with zero attached hydrogens (tertiary/aromatic N) is 2. The summed E-state index contributed by atoms with van der Waals surface area (Å²) in [6.07, 6.45) is 2.98. The van der Waals surface area contributed by atoms with Crippen LogP contribution in [0.15, 0.2) is 77.5 Å².